The van der Waals surface area contributed by atoms with Gasteiger partial charge in [-0.3, -0.25) is 0 Å². The van der Waals surface area contributed by atoms with E-state index >= 15 is 0 Å². The number of ether oxygens (including phenoxy) is 2. The number of esters is 1. The molecular formula is C12H13N3O3S. The van der Waals surface area contributed by atoms with Crippen molar-refractivity contribution >= 4 is 17.7 Å². The van der Waals surface area contributed by atoms with E-state index in [9.17, 15) is 4.79 Å². The van der Waals surface area contributed by atoms with Gasteiger partial charge in [0.1, 0.15) is 22.0 Å². The number of methoxy groups -OCH3 is 2. The van der Waals surface area contributed by atoms with Crippen molar-refractivity contribution in [2.24, 2.45) is 0 Å². The molecule has 6 nitrogen and oxygen atoms in total. The first kappa shape index (κ1) is 13.4. The summed E-state index contributed by atoms with van der Waals surface area (Å²) >= 11 is 1.47. The SMILES string of the molecule is COC(=O)c1cc(-c2n[nH]nc2SC)ccc1OC. The number of rotatable bonds is 4. The molecule has 2 rings (SSSR count). The molecule has 100 valence electrons. The predicted octanol–water partition coefficient (Wildman–Crippen LogP) is 1.99. The summed E-state index contributed by atoms with van der Waals surface area (Å²) < 4.78 is 9.89. The standard InChI is InChI=1S/C12H13N3O3S/c1-17-9-5-4-7(6-8(9)12(16)18-2)10-11(19-3)14-15-13-10/h4-6H,1-3H3,(H,13,14,15). The van der Waals surface area contributed by atoms with Crippen molar-refractivity contribution in [2.45, 2.75) is 5.03 Å². The van der Waals surface area contributed by atoms with Gasteiger partial charge in [0.05, 0.1) is 14.2 Å². The lowest BCUT2D eigenvalue weighted by Crippen LogP contribution is -2.04. The highest BCUT2D eigenvalue weighted by molar-refractivity contribution is 7.98. The Labute approximate surface area is 114 Å². The van der Waals surface area contributed by atoms with Crippen molar-refractivity contribution in [3.8, 4) is 17.0 Å². The quantitative estimate of drug-likeness (QED) is 0.681. The van der Waals surface area contributed by atoms with Crippen LogP contribution in [-0.4, -0.2) is 41.9 Å². The molecule has 0 saturated heterocycles. The topological polar surface area (TPSA) is 77.1 Å². The van der Waals surface area contributed by atoms with Crippen molar-refractivity contribution < 1.29 is 14.3 Å². The molecular weight excluding hydrogens is 266 g/mol. The number of nitrogens with one attached hydrogen (secondary N) is 1. The lowest BCUT2D eigenvalue weighted by molar-refractivity contribution is 0.0597. The summed E-state index contributed by atoms with van der Waals surface area (Å²) in [6.45, 7) is 0. The maximum atomic E-state index is 11.7. The Balaban J connectivity index is 2.52. The van der Waals surface area contributed by atoms with E-state index in [4.69, 9.17) is 9.47 Å². The summed E-state index contributed by atoms with van der Waals surface area (Å²) in [5, 5.41) is 11.5. The number of aromatic nitrogens is 3. The minimum atomic E-state index is -0.451. The van der Waals surface area contributed by atoms with E-state index in [0.29, 0.717) is 17.0 Å². The van der Waals surface area contributed by atoms with E-state index < -0.39 is 5.97 Å². The third-order valence-corrected chi connectivity index (χ3v) is 3.26. The Morgan fingerprint density at radius 3 is 2.74 bits per heavy atom. The van der Waals surface area contributed by atoms with Crippen molar-refractivity contribution in [3.63, 3.8) is 0 Å². The smallest absolute Gasteiger partial charge is 0.341 e. The van der Waals surface area contributed by atoms with Crippen LogP contribution in [0.2, 0.25) is 0 Å². The third kappa shape index (κ3) is 2.55. The second-order valence-corrected chi connectivity index (χ2v) is 4.38. The van der Waals surface area contributed by atoms with Crippen LogP contribution >= 0.6 is 11.8 Å². The molecule has 0 saturated carbocycles. The average Bonchev–Trinajstić information content (AvgIpc) is 2.94. The van der Waals surface area contributed by atoms with Crippen LogP contribution in [0.25, 0.3) is 11.3 Å². The minimum Gasteiger partial charge on any atom is -0.496 e. The normalized spacial score (nSPS) is 10.3. The fourth-order valence-electron chi connectivity index (χ4n) is 1.68. The van der Waals surface area contributed by atoms with Gasteiger partial charge < -0.3 is 9.47 Å². The van der Waals surface area contributed by atoms with Crippen LogP contribution in [0.1, 0.15) is 10.4 Å². The van der Waals surface area contributed by atoms with Gasteiger partial charge in [-0.25, -0.2) is 4.79 Å². The van der Waals surface area contributed by atoms with Crippen LogP contribution in [0.3, 0.4) is 0 Å². The Kier molecular flexibility index (Phi) is 4.06. The third-order valence-electron chi connectivity index (χ3n) is 2.59. The van der Waals surface area contributed by atoms with Gasteiger partial charge in [0.25, 0.3) is 0 Å². The lowest BCUT2D eigenvalue weighted by Gasteiger charge is -2.08. The molecule has 0 aliphatic carbocycles. The van der Waals surface area contributed by atoms with Crippen LogP contribution in [0.4, 0.5) is 0 Å². The number of carbonyl (C=O) groups excluding carboxylic acids is 1. The number of H-pyrrole nitrogens is 1. The highest BCUT2D eigenvalue weighted by atomic mass is 32.2. The molecule has 0 spiro atoms. The van der Waals surface area contributed by atoms with Gasteiger partial charge in [0.2, 0.25) is 0 Å². The average molecular weight is 279 g/mol. The number of hydrogen-bond acceptors (Lipinski definition) is 6. The van der Waals surface area contributed by atoms with Crippen molar-refractivity contribution in [1.82, 2.24) is 15.4 Å². The Hall–Kier alpha value is -2.02. The summed E-state index contributed by atoms with van der Waals surface area (Å²) in [6, 6.07) is 5.21. The van der Waals surface area contributed by atoms with Crippen LogP contribution in [0.15, 0.2) is 23.2 Å². The maximum Gasteiger partial charge on any atom is 0.341 e. The number of nitrogens with zero attached hydrogens (tertiary/aromatic N) is 2. The molecule has 0 amide bonds. The summed E-state index contributed by atoms with van der Waals surface area (Å²) in [5.74, 6) is 0.0118. The molecule has 0 atom stereocenters. The molecule has 19 heavy (non-hydrogen) atoms. The van der Waals surface area contributed by atoms with E-state index in [1.54, 1.807) is 12.1 Å². The summed E-state index contributed by atoms with van der Waals surface area (Å²) in [5.41, 5.74) is 1.83. The number of hydrogen-bond donors (Lipinski definition) is 1. The largest absolute Gasteiger partial charge is 0.496 e. The molecule has 1 aromatic carbocycles. The van der Waals surface area contributed by atoms with Gasteiger partial charge in [0.15, 0.2) is 0 Å². The molecule has 0 fully saturated rings. The molecule has 0 aliphatic heterocycles. The second-order valence-electron chi connectivity index (χ2n) is 3.59. The Morgan fingerprint density at radius 1 is 1.32 bits per heavy atom. The molecule has 1 N–H and O–H groups in total. The van der Waals surface area contributed by atoms with E-state index in [2.05, 4.69) is 15.4 Å². The minimum absolute atomic E-state index is 0.359. The molecule has 1 heterocycles. The molecule has 0 aliphatic rings. The molecule has 0 bridgehead atoms. The number of aromatic amines is 1. The second kappa shape index (κ2) is 5.75. The number of benzene rings is 1. The first-order valence-electron chi connectivity index (χ1n) is 5.42. The molecule has 7 heteroatoms. The van der Waals surface area contributed by atoms with Gasteiger partial charge in [0, 0.05) is 5.56 Å². The fraction of sp³-hybridized carbons (Fsp3) is 0.250. The first-order valence-corrected chi connectivity index (χ1v) is 6.65. The molecule has 1 aromatic heterocycles. The summed E-state index contributed by atoms with van der Waals surface area (Å²) in [7, 11) is 2.84. The van der Waals surface area contributed by atoms with Crippen molar-refractivity contribution in [2.75, 3.05) is 20.5 Å². The van der Waals surface area contributed by atoms with Gasteiger partial charge >= 0.3 is 5.97 Å². The Morgan fingerprint density at radius 2 is 2.11 bits per heavy atom. The predicted molar refractivity (Wildman–Crippen MR) is 71.5 cm³/mol. The zero-order valence-corrected chi connectivity index (χ0v) is 11.6. The van der Waals surface area contributed by atoms with Crippen molar-refractivity contribution in [1.29, 1.82) is 0 Å². The van der Waals surface area contributed by atoms with Crippen LogP contribution < -0.4 is 4.74 Å². The van der Waals surface area contributed by atoms with Crippen molar-refractivity contribution in [3.05, 3.63) is 23.8 Å². The van der Waals surface area contributed by atoms with Gasteiger partial charge in [-0.05, 0) is 24.5 Å². The van der Waals surface area contributed by atoms with Crippen LogP contribution in [0, 0.1) is 0 Å². The first-order chi connectivity index (χ1) is 9.21. The highest BCUT2D eigenvalue weighted by Crippen LogP contribution is 2.30. The summed E-state index contributed by atoms with van der Waals surface area (Å²) in [6.07, 6.45) is 1.91. The van der Waals surface area contributed by atoms with Crippen LogP contribution in [-0.2, 0) is 4.74 Å². The zero-order valence-electron chi connectivity index (χ0n) is 10.8. The van der Waals surface area contributed by atoms with E-state index in [1.807, 2.05) is 12.3 Å². The van der Waals surface area contributed by atoms with E-state index in [-0.39, 0.29) is 0 Å². The highest BCUT2D eigenvalue weighted by Gasteiger charge is 2.17. The molecule has 2 aromatic rings. The van der Waals surface area contributed by atoms with Gasteiger partial charge in [-0.15, -0.1) is 16.9 Å². The zero-order chi connectivity index (χ0) is 13.8. The molecule has 0 unspecified atom stereocenters. The Bertz CT molecular complexity index is 598. The number of carbonyl (C=O) groups is 1. The maximum absolute atomic E-state index is 11.7. The van der Waals surface area contributed by atoms with Gasteiger partial charge in [-0.1, -0.05) is 0 Å². The van der Waals surface area contributed by atoms with E-state index in [1.165, 1.54) is 26.0 Å². The monoisotopic (exact) mass is 279 g/mol. The summed E-state index contributed by atoms with van der Waals surface area (Å²) in [4.78, 5) is 11.7. The van der Waals surface area contributed by atoms with Crippen LogP contribution in [0.5, 0.6) is 5.75 Å². The van der Waals surface area contributed by atoms with Gasteiger partial charge in [-0.2, -0.15) is 10.3 Å². The fourth-order valence-corrected chi connectivity index (χ4v) is 2.17. The van der Waals surface area contributed by atoms with E-state index in [0.717, 1.165) is 10.6 Å². The lowest BCUT2D eigenvalue weighted by atomic mass is 10.1. The number of thioether (sulfide) groups is 1. The molecule has 0 radical (unpaired) electrons.